The molecule has 3 aliphatic rings. The van der Waals surface area contributed by atoms with Crippen molar-refractivity contribution in [2.24, 2.45) is 0 Å². The first-order valence-corrected chi connectivity index (χ1v) is 16.9. The Morgan fingerprint density at radius 3 is 2.13 bits per heavy atom. The number of hydrogen-bond acceptors (Lipinski definition) is 6. The van der Waals surface area contributed by atoms with Crippen molar-refractivity contribution in [3.63, 3.8) is 0 Å². The zero-order chi connectivity index (χ0) is 30.6. The fourth-order valence-corrected chi connectivity index (χ4v) is 7.43. The average Bonchev–Trinajstić information content (AvgIpc) is 3.58. The largest absolute Gasteiger partial charge is 0.368 e. The van der Waals surface area contributed by atoms with Crippen LogP contribution in [-0.4, -0.2) is 54.3 Å². The maximum atomic E-state index is 6.21. The van der Waals surface area contributed by atoms with Gasteiger partial charge in [-0.05, 0) is 72.4 Å². The molecular weight excluding hydrogens is 598 g/mol. The van der Waals surface area contributed by atoms with Crippen molar-refractivity contribution in [3.05, 3.63) is 107 Å². The first kappa shape index (κ1) is 29.8. The molecule has 4 aromatic rings. The lowest BCUT2D eigenvalue weighted by atomic mass is 9.79. The van der Waals surface area contributed by atoms with Crippen LogP contribution >= 0.6 is 23.8 Å². The first-order chi connectivity index (χ1) is 22.0. The van der Waals surface area contributed by atoms with Crippen LogP contribution in [0.3, 0.4) is 0 Å². The molecule has 0 radical (unpaired) electrons. The quantitative estimate of drug-likeness (QED) is 0.214. The van der Waals surface area contributed by atoms with E-state index in [1.165, 1.54) is 35.2 Å². The van der Waals surface area contributed by atoms with Crippen LogP contribution < -0.4 is 25.3 Å². The minimum atomic E-state index is 0.0455. The molecule has 2 N–H and O–H groups in total. The van der Waals surface area contributed by atoms with Gasteiger partial charge in [0, 0.05) is 68.0 Å². The number of benzene rings is 3. The van der Waals surface area contributed by atoms with Gasteiger partial charge in [0.25, 0.3) is 0 Å². The third-order valence-electron chi connectivity index (χ3n) is 9.71. The second-order valence-electron chi connectivity index (χ2n) is 12.5. The Hall–Kier alpha value is -3.88. The molecule has 232 valence electrons. The second kappa shape index (κ2) is 13.2. The molecule has 0 unspecified atom stereocenters. The third kappa shape index (κ3) is 6.72. The summed E-state index contributed by atoms with van der Waals surface area (Å²) >= 11 is 12.1. The smallest absolute Gasteiger partial charge is 0.232 e. The average molecular weight is 638 g/mol. The van der Waals surface area contributed by atoms with Gasteiger partial charge in [-0.25, -0.2) is 0 Å². The minimum Gasteiger partial charge on any atom is -0.368 e. The normalized spacial score (nSPS) is 17.6. The van der Waals surface area contributed by atoms with Gasteiger partial charge in [-0.15, -0.1) is 0 Å². The van der Waals surface area contributed by atoms with Crippen LogP contribution in [0.1, 0.15) is 42.4 Å². The molecule has 2 fully saturated rings. The molecule has 0 bridgehead atoms. The van der Waals surface area contributed by atoms with Gasteiger partial charge in [-0.2, -0.15) is 9.97 Å². The summed E-state index contributed by atoms with van der Waals surface area (Å²) in [7, 11) is 0. The number of halogens is 1. The predicted octanol–water partition coefficient (Wildman–Crippen LogP) is 6.82. The maximum Gasteiger partial charge on any atom is 0.232 e. The van der Waals surface area contributed by atoms with Crippen molar-refractivity contribution in [3.8, 4) is 0 Å². The third-order valence-corrected chi connectivity index (χ3v) is 10.2. The van der Waals surface area contributed by atoms with E-state index >= 15 is 0 Å². The number of anilines is 4. The summed E-state index contributed by atoms with van der Waals surface area (Å²) in [6, 6.07) is 29.8. The maximum absolute atomic E-state index is 6.21. The number of hydrogen-bond donors (Lipinski definition) is 2. The zero-order valence-corrected chi connectivity index (χ0v) is 27.2. The van der Waals surface area contributed by atoms with Crippen LogP contribution in [0.2, 0.25) is 5.02 Å². The highest BCUT2D eigenvalue weighted by Gasteiger charge is 2.35. The van der Waals surface area contributed by atoms with Gasteiger partial charge in [0.05, 0.1) is 0 Å². The molecule has 3 aromatic carbocycles. The Morgan fingerprint density at radius 1 is 0.756 bits per heavy atom. The topological polar surface area (TPSA) is 59.6 Å². The number of para-hydroxylation sites is 1. The summed E-state index contributed by atoms with van der Waals surface area (Å²) in [5, 5.41) is 8.22. The molecule has 7 rings (SSSR count). The van der Waals surface area contributed by atoms with E-state index in [2.05, 4.69) is 98.1 Å². The highest BCUT2D eigenvalue weighted by molar-refractivity contribution is 7.80. The number of fused-ring (bicyclic) bond motifs is 1. The van der Waals surface area contributed by atoms with Gasteiger partial charge >= 0.3 is 0 Å². The summed E-state index contributed by atoms with van der Waals surface area (Å²) in [6.45, 7) is 6.17. The van der Waals surface area contributed by atoms with Gasteiger partial charge < -0.3 is 25.3 Å². The number of rotatable bonds is 7. The molecule has 7 nitrogen and oxygen atoms in total. The molecule has 3 heterocycles. The van der Waals surface area contributed by atoms with Gasteiger partial charge in [0.2, 0.25) is 5.95 Å². The van der Waals surface area contributed by atoms with Crippen molar-refractivity contribution in [2.75, 3.05) is 59.3 Å². The van der Waals surface area contributed by atoms with Crippen molar-refractivity contribution in [1.29, 1.82) is 0 Å². The molecular formula is C36H40ClN7S. The summed E-state index contributed by atoms with van der Waals surface area (Å²) in [4.78, 5) is 17.2. The van der Waals surface area contributed by atoms with Gasteiger partial charge in [-0.1, -0.05) is 79.0 Å². The predicted molar refractivity (Wildman–Crippen MR) is 190 cm³/mol. The SMILES string of the molecule is S=C(NCC1(c2ccc(Cl)cc2)CCCC1)Nc1nc(N2CCN(c3ccccc3)CC2)cc(N2CCc3ccccc3C2)n1. The monoisotopic (exact) mass is 637 g/mol. The Balaban J connectivity index is 1.09. The van der Waals surface area contributed by atoms with Gasteiger partial charge in [0.15, 0.2) is 5.11 Å². The molecule has 1 saturated carbocycles. The molecule has 0 atom stereocenters. The van der Waals surface area contributed by atoms with E-state index in [-0.39, 0.29) is 5.41 Å². The summed E-state index contributed by atoms with van der Waals surface area (Å²) in [5.74, 6) is 2.40. The van der Waals surface area contributed by atoms with E-state index in [4.69, 9.17) is 33.8 Å². The zero-order valence-electron chi connectivity index (χ0n) is 25.6. The van der Waals surface area contributed by atoms with Crippen molar-refractivity contribution in [1.82, 2.24) is 15.3 Å². The van der Waals surface area contributed by atoms with E-state index in [1.807, 2.05) is 12.1 Å². The lowest BCUT2D eigenvalue weighted by molar-refractivity contribution is 0.435. The van der Waals surface area contributed by atoms with Gasteiger partial charge in [0.1, 0.15) is 11.6 Å². The lowest BCUT2D eigenvalue weighted by Crippen LogP contribution is -2.47. The fraction of sp³-hybridized carbons (Fsp3) is 0.361. The Kier molecular flexibility index (Phi) is 8.77. The van der Waals surface area contributed by atoms with E-state index < -0.39 is 0 Å². The van der Waals surface area contributed by atoms with Crippen LogP contribution in [0.4, 0.5) is 23.3 Å². The van der Waals surface area contributed by atoms with Crippen LogP contribution in [0.25, 0.3) is 0 Å². The van der Waals surface area contributed by atoms with Crippen LogP contribution in [0.15, 0.2) is 84.9 Å². The minimum absolute atomic E-state index is 0.0455. The molecule has 45 heavy (non-hydrogen) atoms. The molecule has 0 amide bonds. The van der Waals surface area contributed by atoms with Crippen molar-refractivity contribution in [2.45, 2.75) is 44.1 Å². The van der Waals surface area contributed by atoms with Crippen LogP contribution in [0.5, 0.6) is 0 Å². The van der Waals surface area contributed by atoms with Crippen molar-refractivity contribution < 1.29 is 0 Å². The number of aromatic nitrogens is 2. The van der Waals surface area contributed by atoms with E-state index in [0.29, 0.717) is 11.1 Å². The van der Waals surface area contributed by atoms with Crippen LogP contribution in [0, 0.1) is 0 Å². The van der Waals surface area contributed by atoms with Gasteiger partial charge in [-0.3, -0.25) is 0 Å². The number of nitrogens with one attached hydrogen (secondary N) is 2. The molecule has 1 aromatic heterocycles. The summed E-state index contributed by atoms with van der Waals surface area (Å²) < 4.78 is 0. The number of thiocarbonyl (C=S) groups is 1. The first-order valence-electron chi connectivity index (χ1n) is 16.1. The Labute approximate surface area is 276 Å². The van der Waals surface area contributed by atoms with E-state index in [1.54, 1.807) is 0 Å². The van der Waals surface area contributed by atoms with Crippen LogP contribution in [-0.2, 0) is 18.4 Å². The molecule has 1 saturated heterocycles. The highest BCUT2D eigenvalue weighted by Crippen LogP contribution is 2.41. The molecule has 9 heteroatoms. The summed E-state index contributed by atoms with van der Waals surface area (Å²) in [5.41, 5.74) is 5.41. The second-order valence-corrected chi connectivity index (χ2v) is 13.3. The highest BCUT2D eigenvalue weighted by atomic mass is 35.5. The Bertz CT molecular complexity index is 1620. The lowest BCUT2D eigenvalue weighted by Gasteiger charge is -2.37. The van der Waals surface area contributed by atoms with Crippen molar-refractivity contribution >= 4 is 52.2 Å². The standard InChI is InChI=1S/C36H40ClN7S/c37-30-14-12-29(13-15-30)36(17-6-7-18-36)26-38-35(45)41-34-39-32(43-22-20-42(21-23-43)31-10-2-1-3-11-31)24-33(40-34)44-19-16-27-8-4-5-9-28(27)25-44/h1-5,8-15,24H,6-7,16-23,25-26H2,(H2,38,39,40,41,45). The summed E-state index contributed by atoms with van der Waals surface area (Å²) in [6.07, 6.45) is 5.70. The number of piperazine rings is 1. The Morgan fingerprint density at radius 2 is 1.40 bits per heavy atom. The van der Waals surface area contributed by atoms with E-state index in [9.17, 15) is 0 Å². The van der Waals surface area contributed by atoms with E-state index in [0.717, 1.165) is 81.7 Å². The molecule has 1 aliphatic carbocycles. The number of nitrogens with zero attached hydrogens (tertiary/aromatic N) is 5. The molecule has 0 spiro atoms. The fourth-order valence-electron chi connectivity index (χ4n) is 7.14. The molecule has 2 aliphatic heterocycles.